The van der Waals surface area contributed by atoms with Gasteiger partial charge in [-0.2, -0.15) is 0 Å². The zero-order valence-electron chi connectivity index (χ0n) is 14.9. The summed E-state index contributed by atoms with van der Waals surface area (Å²) in [6.45, 7) is 3.85. The van der Waals surface area contributed by atoms with Crippen molar-refractivity contribution in [2.45, 2.75) is 13.8 Å². The lowest BCUT2D eigenvalue weighted by atomic mass is 10.0. The molecule has 2 aromatic carbocycles. The van der Waals surface area contributed by atoms with Crippen LogP contribution in [-0.4, -0.2) is 11.7 Å². The lowest BCUT2D eigenvalue weighted by molar-refractivity contribution is 0.101. The number of aryl methyl sites for hydroxylation is 2. The van der Waals surface area contributed by atoms with Crippen LogP contribution in [0.4, 0.5) is 5.69 Å². The van der Waals surface area contributed by atoms with E-state index >= 15 is 0 Å². The molecule has 4 nitrogen and oxygen atoms in total. The molecule has 0 saturated heterocycles. The van der Waals surface area contributed by atoms with Crippen molar-refractivity contribution in [3.05, 3.63) is 87.3 Å². The summed E-state index contributed by atoms with van der Waals surface area (Å²) in [7, 11) is 0. The van der Waals surface area contributed by atoms with Gasteiger partial charge in [-0.05, 0) is 37.4 Å². The summed E-state index contributed by atoms with van der Waals surface area (Å²) in [4.78, 5) is 25.7. The van der Waals surface area contributed by atoms with Gasteiger partial charge in [-0.15, -0.1) is 11.3 Å². The normalized spacial score (nSPS) is 10.9. The summed E-state index contributed by atoms with van der Waals surface area (Å²) >= 11 is 1.38. The number of hydrogen-bond acceptors (Lipinski definition) is 4. The number of nitrogens with one attached hydrogen (secondary N) is 1. The molecule has 0 unspecified atom stereocenters. The van der Waals surface area contributed by atoms with Gasteiger partial charge in [-0.25, -0.2) is 0 Å². The minimum Gasteiger partial charge on any atom is -0.452 e. The van der Waals surface area contributed by atoms with Gasteiger partial charge in [-0.1, -0.05) is 35.9 Å². The van der Waals surface area contributed by atoms with Gasteiger partial charge in [0.25, 0.3) is 5.91 Å². The second kappa shape index (κ2) is 6.85. The lowest BCUT2D eigenvalue weighted by Gasteiger charge is -2.03. The molecule has 27 heavy (non-hydrogen) atoms. The Morgan fingerprint density at radius 1 is 1.00 bits per heavy atom. The maximum atomic E-state index is 12.8. The van der Waals surface area contributed by atoms with Crippen molar-refractivity contribution in [1.29, 1.82) is 0 Å². The molecule has 0 aliphatic heterocycles. The van der Waals surface area contributed by atoms with Crippen LogP contribution < -0.4 is 5.32 Å². The number of ketones is 1. The van der Waals surface area contributed by atoms with Gasteiger partial charge in [0.05, 0.1) is 4.88 Å². The molecular weight excluding hydrogens is 358 g/mol. The van der Waals surface area contributed by atoms with Crippen LogP contribution in [0.2, 0.25) is 0 Å². The molecule has 4 rings (SSSR count). The second-order valence-electron chi connectivity index (χ2n) is 6.39. The van der Waals surface area contributed by atoms with Crippen molar-refractivity contribution in [1.82, 2.24) is 0 Å². The van der Waals surface area contributed by atoms with Gasteiger partial charge in [0.15, 0.2) is 5.76 Å². The van der Waals surface area contributed by atoms with E-state index in [1.165, 1.54) is 11.3 Å². The van der Waals surface area contributed by atoms with E-state index < -0.39 is 0 Å². The van der Waals surface area contributed by atoms with Gasteiger partial charge in [0.2, 0.25) is 5.78 Å². The number of fused-ring (bicyclic) bond motifs is 1. The Morgan fingerprint density at radius 2 is 1.78 bits per heavy atom. The summed E-state index contributed by atoms with van der Waals surface area (Å²) in [5.41, 5.74) is 3.69. The van der Waals surface area contributed by atoms with Crippen LogP contribution in [-0.2, 0) is 0 Å². The monoisotopic (exact) mass is 375 g/mol. The molecule has 4 aromatic rings. The SMILES string of the molecule is Cc1ccc(C(=O)c2oc3cc(NC(=O)c4cccs4)ccc3c2C)cc1. The molecule has 1 N–H and O–H groups in total. The fourth-order valence-electron chi connectivity index (χ4n) is 2.96. The molecular formula is C22H17NO3S. The summed E-state index contributed by atoms with van der Waals surface area (Å²) < 4.78 is 5.86. The van der Waals surface area contributed by atoms with Crippen molar-refractivity contribution in [3.8, 4) is 0 Å². The largest absolute Gasteiger partial charge is 0.452 e. The van der Waals surface area contributed by atoms with Gasteiger partial charge in [0, 0.05) is 28.3 Å². The van der Waals surface area contributed by atoms with Crippen molar-refractivity contribution in [2.24, 2.45) is 0 Å². The standard InChI is InChI=1S/C22H17NO3S/c1-13-5-7-15(8-6-13)20(24)21-14(2)17-10-9-16(12-18(17)26-21)23-22(25)19-4-3-11-27-19/h3-12H,1-2H3,(H,23,25). The number of rotatable bonds is 4. The minimum absolute atomic E-state index is 0.145. The van der Waals surface area contributed by atoms with E-state index in [0.717, 1.165) is 16.5 Å². The van der Waals surface area contributed by atoms with Crippen LogP contribution in [0.1, 0.15) is 36.9 Å². The molecule has 134 valence electrons. The Labute approximate surface area is 160 Å². The van der Waals surface area contributed by atoms with E-state index in [9.17, 15) is 9.59 Å². The Morgan fingerprint density at radius 3 is 2.48 bits per heavy atom. The van der Waals surface area contributed by atoms with Crippen LogP contribution in [0.3, 0.4) is 0 Å². The molecule has 0 spiro atoms. The summed E-state index contributed by atoms with van der Waals surface area (Å²) in [6.07, 6.45) is 0. The van der Waals surface area contributed by atoms with E-state index in [0.29, 0.717) is 27.5 Å². The highest BCUT2D eigenvalue weighted by Crippen LogP contribution is 2.29. The first-order valence-electron chi connectivity index (χ1n) is 8.52. The van der Waals surface area contributed by atoms with E-state index in [-0.39, 0.29) is 11.7 Å². The van der Waals surface area contributed by atoms with Crippen LogP contribution in [0.5, 0.6) is 0 Å². The number of carbonyl (C=O) groups excluding carboxylic acids is 2. The average molecular weight is 375 g/mol. The second-order valence-corrected chi connectivity index (χ2v) is 7.34. The molecule has 0 bridgehead atoms. The summed E-state index contributed by atoms with van der Waals surface area (Å²) in [5, 5.41) is 5.58. The van der Waals surface area contributed by atoms with Crippen molar-refractivity contribution >= 4 is 39.7 Å². The molecule has 0 atom stereocenters. The van der Waals surface area contributed by atoms with Gasteiger partial charge >= 0.3 is 0 Å². The predicted molar refractivity (Wildman–Crippen MR) is 108 cm³/mol. The number of hydrogen-bond donors (Lipinski definition) is 1. The Bertz CT molecular complexity index is 1140. The molecule has 0 saturated carbocycles. The van der Waals surface area contributed by atoms with E-state index in [1.807, 2.05) is 49.6 Å². The predicted octanol–water partition coefficient (Wildman–Crippen LogP) is 5.59. The van der Waals surface area contributed by atoms with Crippen molar-refractivity contribution < 1.29 is 14.0 Å². The van der Waals surface area contributed by atoms with Crippen molar-refractivity contribution in [2.75, 3.05) is 5.32 Å². The topological polar surface area (TPSA) is 59.3 Å². The molecule has 2 heterocycles. The third-order valence-electron chi connectivity index (χ3n) is 4.46. The zero-order valence-corrected chi connectivity index (χ0v) is 15.7. The third kappa shape index (κ3) is 3.29. The minimum atomic E-state index is -0.163. The Kier molecular flexibility index (Phi) is 4.38. The molecule has 0 radical (unpaired) electrons. The van der Waals surface area contributed by atoms with Gasteiger partial charge in [0.1, 0.15) is 5.58 Å². The van der Waals surface area contributed by atoms with Gasteiger partial charge < -0.3 is 9.73 Å². The third-order valence-corrected chi connectivity index (χ3v) is 5.33. The fourth-order valence-corrected chi connectivity index (χ4v) is 3.58. The van der Waals surface area contributed by atoms with E-state index in [1.54, 1.807) is 24.3 Å². The number of benzene rings is 2. The first kappa shape index (κ1) is 17.2. The number of thiophene rings is 1. The highest BCUT2D eigenvalue weighted by molar-refractivity contribution is 7.12. The van der Waals surface area contributed by atoms with Gasteiger partial charge in [-0.3, -0.25) is 9.59 Å². The zero-order chi connectivity index (χ0) is 19.0. The first-order chi connectivity index (χ1) is 13.0. The quantitative estimate of drug-likeness (QED) is 0.473. The average Bonchev–Trinajstić information content (AvgIpc) is 3.30. The smallest absolute Gasteiger partial charge is 0.265 e. The Balaban J connectivity index is 1.66. The van der Waals surface area contributed by atoms with Crippen molar-refractivity contribution in [3.63, 3.8) is 0 Å². The number of carbonyl (C=O) groups is 2. The number of furan rings is 1. The van der Waals surface area contributed by atoms with Crippen LogP contribution in [0.25, 0.3) is 11.0 Å². The molecule has 0 fully saturated rings. The van der Waals surface area contributed by atoms with Crippen LogP contribution >= 0.6 is 11.3 Å². The maximum Gasteiger partial charge on any atom is 0.265 e. The highest BCUT2D eigenvalue weighted by atomic mass is 32.1. The Hall–Kier alpha value is -3.18. The fraction of sp³-hybridized carbons (Fsp3) is 0.0909. The summed E-state index contributed by atoms with van der Waals surface area (Å²) in [6, 6.07) is 16.5. The lowest BCUT2D eigenvalue weighted by Crippen LogP contribution is -2.09. The maximum absolute atomic E-state index is 12.8. The molecule has 2 aromatic heterocycles. The van der Waals surface area contributed by atoms with Crippen LogP contribution in [0, 0.1) is 13.8 Å². The summed E-state index contributed by atoms with van der Waals surface area (Å²) in [5.74, 6) is 0.0204. The first-order valence-corrected chi connectivity index (χ1v) is 9.40. The molecule has 5 heteroatoms. The number of anilines is 1. The number of amides is 1. The molecule has 1 amide bonds. The van der Waals surface area contributed by atoms with E-state index in [2.05, 4.69) is 5.32 Å². The van der Waals surface area contributed by atoms with E-state index in [4.69, 9.17) is 4.42 Å². The molecule has 0 aliphatic rings. The molecule has 0 aliphatic carbocycles. The van der Waals surface area contributed by atoms with Crippen LogP contribution in [0.15, 0.2) is 64.4 Å². The highest BCUT2D eigenvalue weighted by Gasteiger charge is 2.19.